The molecule has 0 bridgehead atoms. The number of rotatable bonds is 7. The van der Waals surface area contributed by atoms with Crippen LogP contribution in [0.25, 0.3) is 0 Å². The Morgan fingerprint density at radius 1 is 1.36 bits per heavy atom. The van der Waals surface area contributed by atoms with Crippen LogP contribution in [0.2, 0.25) is 0 Å². The fourth-order valence-corrected chi connectivity index (χ4v) is 2.75. The van der Waals surface area contributed by atoms with E-state index in [2.05, 4.69) is 42.3 Å². The van der Waals surface area contributed by atoms with E-state index in [0.29, 0.717) is 12.6 Å². The molecule has 5 heteroatoms. The summed E-state index contributed by atoms with van der Waals surface area (Å²) in [4.78, 5) is 14.9. The number of hydrogen-bond acceptors (Lipinski definition) is 5. The molecule has 0 radical (unpaired) electrons. The second kappa shape index (κ2) is 7.94. The van der Waals surface area contributed by atoms with Gasteiger partial charge in [0, 0.05) is 29.4 Å². The molecule has 1 atom stereocenters. The Hall–Kier alpha value is -1.88. The number of hydrogen-bond donors (Lipinski definition) is 0. The van der Waals surface area contributed by atoms with E-state index in [0.717, 1.165) is 22.6 Å². The van der Waals surface area contributed by atoms with Crippen LogP contribution in [0.5, 0.6) is 6.01 Å². The zero-order valence-electron chi connectivity index (χ0n) is 13.2. The van der Waals surface area contributed by atoms with E-state index in [4.69, 9.17) is 4.74 Å². The summed E-state index contributed by atoms with van der Waals surface area (Å²) in [6, 6.07) is 4.35. The lowest BCUT2D eigenvalue weighted by Crippen LogP contribution is -2.04. The highest BCUT2D eigenvalue weighted by molar-refractivity contribution is 8.03. The van der Waals surface area contributed by atoms with Crippen molar-refractivity contribution >= 4 is 11.8 Å². The van der Waals surface area contributed by atoms with Gasteiger partial charge in [-0.05, 0) is 35.9 Å². The van der Waals surface area contributed by atoms with Crippen LogP contribution in [0.1, 0.15) is 37.4 Å². The van der Waals surface area contributed by atoms with Crippen molar-refractivity contribution < 1.29 is 4.74 Å². The Bertz CT molecular complexity index is 645. The lowest BCUT2D eigenvalue weighted by atomic mass is 10.1. The van der Waals surface area contributed by atoms with Gasteiger partial charge in [0.25, 0.3) is 0 Å². The Balaban J connectivity index is 2.08. The minimum Gasteiger partial charge on any atom is -0.463 e. The van der Waals surface area contributed by atoms with Gasteiger partial charge >= 0.3 is 6.01 Å². The maximum Gasteiger partial charge on any atom is 0.316 e. The zero-order valence-corrected chi connectivity index (χ0v) is 14.1. The van der Waals surface area contributed by atoms with E-state index < -0.39 is 0 Å². The minimum absolute atomic E-state index is 0.115. The maximum absolute atomic E-state index is 5.50. The van der Waals surface area contributed by atoms with E-state index in [1.165, 1.54) is 4.90 Å². The Morgan fingerprint density at radius 3 is 2.91 bits per heavy atom. The Morgan fingerprint density at radius 2 is 2.18 bits per heavy atom. The first kappa shape index (κ1) is 16.5. The van der Waals surface area contributed by atoms with Gasteiger partial charge in [0.05, 0.1) is 12.3 Å². The molecular weight excluding hydrogens is 294 g/mol. The van der Waals surface area contributed by atoms with Gasteiger partial charge in [-0.1, -0.05) is 32.2 Å². The van der Waals surface area contributed by atoms with E-state index >= 15 is 0 Å². The van der Waals surface area contributed by atoms with Crippen LogP contribution >= 0.6 is 11.8 Å². The molecule has 0 aliphatic rings. The first-order chi connectivity index (χ1) is 10.6. The topological polar surface area (TPSA) is 47.9 Å². The second-order valence-corrected chi connectivity index (χ2v) is 6.21. The number of nitrogens with zero attached hydrogens (tertiary/aromatic N) is 3. The zero-order chi connectivity index (χ0) is 15.9. The van der Waals surface area contributed by atoms with Gasteiger partial charge in [-0.15, -0.1) is 0 Å². The van der Waals surface area contributed by atoms with E-state index in [9.17, 15) is 0 Å². The van der Waals surface area contributed by atoms with E-state index in [1.807, 2.05) is 18.3 Å². The van der Waals surface area contributed by atoms with Crippen LogP contribution in [0, 0.1) is 6.92 Å². The average Bonchev–Trinajstić information content (AvgIpc) is 2.54. The molecule has 0 spiro atoms. The largest absolute Gasteiger partial charge is 0.463 e. The molecule has 0 saturated carbocycles. The number of pyridine rings is 1. The molecule has 2 rings (SSSR count). The van der Waals surface area contributed by atoms with Crippen LogP contribution in [0.4, 0.5) is 0 Å². The summed E-state index contributed by atoms with van der Waals surface area (Å²) in [5.74, 6) is 0.115. The monoisotopic (exact) mass is 315 g/mol. The third kappa shape index (κ3) is 4.31. The van der Waals surface area contributed by atoms with Crippen LogP contribution < -0.4 is 4.74 Å². The molecule has 1 unspecified atom stereocenters. The molecule has 0 amide bonds. The summed E-state index contributed by atoms with van der Waals surface area (Å²) >= 11 is 1.66. The van der Waals surface area contributed by atoms with E-state index in [-0.39, 0.29) is 5.92 Å². The number of aryl methyl sites for hydroxylation is 1. The summed E-state index contributed by atoms with van der Waals surface area (Å²) < 4.78 is 5.50. The van der Waals surface area contributed by atoms with Crippen LogP contribution in [-0.4, -0.2) is 21.6 Å². The molecule has 0 N–H and O–H groups in total. The normalized spacial score (nSPS) is 12.0. The molecule has 2 aromatic rings. The van der Waals surface area contributed by atoms with Gasteiger partial charge < -0.3 is 4.74 Å². The molecule has 4 nitrogen and oxygen atoms in total. The molecule has 0 fully saturated rings. The average molecular weight is 315 g/mol. The second-order valence-electron chi connectivity index (χ2n) is 5.04. The summed E-state index contributed by atoms with van der Waals surface area (Å²) in [5.41, 5.74) is 2.07. The minimum atomic E-state index is 0.115. The van der Waals surface area contributed by atoms with Crippen molar-refractivity contribution in [3.8, 4) is 6.01 Å². The molecule has 2 heterocycles. The lowest BCUT2D eigenvalue weighted by Gasteiger charge is -2.15. The fraction of sp³-hybridized carbons (Fsp3) is 0.353. The van der Waals surface area contributed by atoms with Crippen molar-refractivity contribution in [2.45, 2.75) is 38.0 Å². The smallest absolute Gasteiger partial charge is 0.316 e. The van der Waals surface area contributed by atoms with Crippen LogP contribution in [0.15, 0.2) is 47.1 Å². The third-order valence-electron chi connectivity index (χ3n) is 3.23. The van der Waals surface area contributed by atoms with Crippen molar-refractivity contribution in [2.24, 2.45) is 0 Å². The highest BCUT2D eigenvalue weighted by Crippen LogP contribution is 2.36. The molecule has 0 aliphatic heterocycles. The first-order valence-corrected chi connectivity index (χ1v) is 8.16. The lowest BCUT2D eigenvalue weighted by molar-refractivity contribution is 0.291. The third-order valence-corrected chi connectivity index (χ3v) is 4.52. The summed E-state index contributed by atoms with van der Waals surface area (Å²) in [6.07, 6.45) is 6.34. The van der Waals surface area contributed by atoms with Gasteiger partial charge in [0.2, 0.25) is 0 Å². The van der Waals surface area contributed by atoms with Crippen molar-refractivity contribution in [1.82, 2.24) is 15.0 Å². The van der Waals surface area contributed by atoms with Crippen LogP contribution in [0.3, 0.4) is 0 Å². The van der Waals surface area contributed by atoms with Gasteiger partial charge in [-0.25, -0.2) is 4.98 Å². The molecule has 22 heavy (non-hydrogen) atoms. The Kier molecular flexibility index (Phi) is 5.95. The van der Waals surface area contributed by atoms with Gasteiger partial charge in [0.15, 0.2) is 0 Å². The SMILES string of the molecule is C=C(Sc1ccncc1C)C(C)c1ccnc(OCCC)n1. The molecule has 116 valence electrons. The van der Waals surface area contributed by atoms with Crippen molar-refractivity contribution in [2.75, 3.05) is 6.61 Å². The van der Waals surface area contributed by atoms with Crippen molar-refractivity contribution in [3.05, 3.63) is 53.5 Å². The van der Waals surface area contributed by atoms with E-state index in [1.54, 1.807) is 24.2 Å². The molecule has 2 aromatic heterocycles. The standard InChI is InChI=1S/C17H21N3OS/c1-5-10-21-17-19-9-6-15(20-17)13(3)14(4)22-16-7-8-18-11-12(16)2/h6-9,11,13H,4-5,10H2,1-3H3. The highest BCUT2D eigenvalue weighted by atomic mass is 32.2. The van der Waals surface area contributed by atoms with Gasteiger partial charge in [0.1, 0.15) is 0 Å². The number of aromatic nitrogens is 3. The summed E-state index contributed by atoms with van der Waals surface area (Å²) in [6.45, 7) is 11.0. The van der Waals surface area contributed by atoms with Crippen LogP contribution in [-0.2, 0) is 0 Å². The summed E-state index contributed by atoms with van der Waals surface area (Å²) in [5, 5.41) is 0. The van der Waals surface area contributed by atoms with Crippen molar-refractivity contribution in [3.63, 3.8) is 0 Å². The Labute approximate surface area is 136 Å². The molecule has 0 aromatic carbocycles. The predicted octanol–water partition coefficient (Wildman–Crippen LogP) is 4.38. The van der Waals surface area contributed by atoms with Crippen molar-refractivity contribution in [1.29, 1.82) is 0 Å². The quantitative estimate of drug-likeness (QED) is 0.710. The molecule has 0 saturated heterocycles. The fourth-order valence-electron chi connectivity index (χ4n) is 1.83. The molecular formula is C17H21N3OS. The maximum atomic E-state index is 5.50. The number of allylic oxidation sites excluding steroid dienone is 1. The summed E-state index contributed by atoms with van der Waals surface area (Å²) in [7, 11) is 0. The first-order valence-electron chi connectivity index (χ1n) is 7.34. The van der Waals surface area contributed by atoms with Gasteiger partial charge in [-0.3, -0.25) is 4.98 Å². The predicted molar refractivity (Wildman–Crippen MR) is 90.2 cm³/mol. The highest BCUT2D eigenvalue weighted by Gasteiger charge is 2.14. The molecule has 0 aliphatic carbocycles. The number of ether oxygens (including phenoxy) is 1. The van der Waals surface area contributed by atoms with Gasteiger partial charge in [-0.2, -0.15) is 4.98 Å². The number of thioether (sulfide) groups is 1.